The minimum Gasteiger partial charge on any atom is -0.291 e. The lowest BCUT2D eigenvalue weighted by Crippen LogP contribution is -2.89. The Balaban J connectivity index is 1.40. The standard InChI is InChI=1S/C17H20N5/c1-13-15(6-14-4-2-3-5-16(14)18-13)7-22-8-17-19(9-20(17)11-22)10-21(17)12-22/h2-6H,7-12H2,1H3/q+1. The maximum atomic E-state index is 4.83. The topological polar surface area (TPSA) is 22.6 Å². The summed E-state index contributed by atoms with van der Waals surface area (Å²) in [6.45, 7) is 9.31. The van der Waals surface area contributed by atoms with Crippen LogP contribution in [-0.2, 0) is 6.54 Å². The van der Waals surface area contributed by atoms with E-state index < -0.39 is 0 Å². The van der Waals surface area contributed by atoms with E-state index in [0.717, 1.165) is 12.1 Å². The van der Waals surface area contributed by atoms with E-state index in [1.807, 2.05) is 0 Å². The second kappa shape index (κ2) is 3.51. The van der Waals surface area contributed by atoms with Gasteiger partial charge in [-0.25, -0.2) is 14.7 Å². The number of aromatic nitrogens is 1. The molecule has 0 N–H and O–H groups in total. The van der Waals surface area contributed by atoms with E-state index >= 15 is 0 Å². The normalized spacial score (nSPS) is 36.4. The lowest BCUT2D eigenvalue weighted by atomic mass is 10.1. The van der Waals surface area contributed by atoms with Crippen molar-refractivity contribution in [1.29, 1.82) is 0 Å². The molecule has 0 radical (unpaired) electrons. The summed E-state index contributed by atoms with van der Waals surface area (Å²) < 4.78 is 1.19. The first-order valence-corrected chi connectivity index (χ1v) is 8.14. The van der Waals surface area contributed by atoms with Gasteiger partial charge in [-0.2, -0.15) is 0 Å². The molecule has 0 amide bonds. The van der Waals surface area contributed by atoms with Crippen LogP contribution in [0.3, 0.4) is 0 Å². The lowest BCUT2D eigenvalue weighted by Gasteiger charge is -2.67. The highest BCUT2D eigenvalue weighted by Crippen LogP contribution is 2.55. The van der Waals surface area contributed by atoms with Crippen molar-refractivity contribution in [3.8, 4) is 0 Å². The zero-order valence-electron chi connectivity index (χ0n) is 12.9. The molecule has 6 rings (SSSR count). The molecule has 5 heterocycles. The molecule has 4 aliphatic heterocycles. The number of aryl methyl sites for hydroxylation is 1. The average Bonchev–Trinajstić information content (AvgIpc) is 2.94. The van der Waals surface area contributed by atoms with Gasteiger partial charge in [0.1, 0.15) is 26.4 Å². The van der Waals surface area contributed by atoms with Crippen LogP contribution in [0.2, 0.25) is 0 Å². The molecule has 1 spiro atoms. The largest absolute Gasteiger partial charge is 0.291 e. The van der Waals surface area contributed by atoms with Crippen LogP contribution in [0, 0.1) is 6.92 Å². The quantitative estimate of drug-likeness (QED) is 0.779. The molecule has 4 saturated heterocycles. The lowest BCUT2D eigenvalue weighted by molar-refractivity contribution is -0.934. The second-order valence-corrected chi connectivity index (χ2v) is 7.54. The number of quaternary nitrogens is 1. The van der Waals surface area contributed by atoms with Gasteiger partial charge >= 0.3 is 0 Å². The zero-order valence-corrected chi connectivity index (χ0v) is 12.9. The molecular formula is C17H20N5+. The maximum Gasteiger partial charge on any atom is 0.195 e. The summed E-state index contributed by atoms with van der Waals surface area (Å²) >= 11 is 0. The van der Waals surface area contributed by atoms with Gasteiger partial charge in [0.2, 0.25) is 0 Å². The van der Waals surface area contributed by atoms with Gasteiger partial charge in [0.05, 0.1) is 18.9 Å². The summed E-state index contributed by atoms with van der Waals surface area (Å²) in [5, 5.41) is 1.27. The number of para-hydroxylation sites is 1. The van der Waals surface area contributed by atoms with E-state index in [2.05, 4.69) is 52.0 Å². The molecule has 1 aromatic carbocycles. The third-order valence-electron chi connectivity index (χ3n) is 6.22. The predicted molar refractivity (Wildman–Crippen MR) is 83.0 cm³/mol. The number of fused-ring (bicyclic) bond motifs is 2. The van der Waals surface area contributed by atoms with Crippen LogP contribution in [0.25, 0.3) is 10.9 Å². The highest BCUT2D eigenvalue weighted by atomic mass is 15.9. The number of benzene rings is 1. The van der Waals surface area contributed by atoms with Gasteiger partial charge in [-0.1, -0.05) is 18.2 Å². The van der Waals surface area contributed by atoms with Gasteiger partial charge in [0.15, 0.2) is 5.79 Å². The SMILES string of the molecule is Cc1nc2ccccc2cc1C[N+]12CN3CN4CN(C1)C43C2. The number of pyridine rings is 1. The Hall–Kier alpha value is -1.53. The van der Waals surface area contributed by atoms with Crippen LogP contribution in [0.15, 0.2) is 30.3 Å². The molecule has 0 unspecified atom stereocenters. The van der Waals surface area contributed by atoms with Crippen molar-refractivity contribution in [1.82, 2.24) is 19.7 Å². The fraction of sp³-hybridized carbons (Fsp3) is 0.471. The van der Waals surface area contributed by atoms with E-state index in [-0.39, 0.29) is 0 Å². The maximum absolute atomic E-state index is 4.83. The number of hydrogen-bond donors (Lipinski definition) is 0. The van der Waals surface area contributed by atoms with Crippen molar-refractivity contribution in [2.45, 2.75) is 19.3 Å². The van der Waals surface area contributed by atoms with E-state index in [4.69, 9.17) is 4.98 Å². The van der Waals surface area contributed by atoms with Crippen molar-refractivity contribution in [2.24, 2.45) is 0 Å². The van der Waals surface area contributed by atoms with Gasteiger partial charge < -0.3 is 0 Å². The molecule has 0 atom stereocenters. The molecule has 4 fully saturated rings. The van der Waals surface area contributed by atoms with E-state index in [1.54, 1.807) is 0 Å². The Morgan fingerprint density at radius 2 is 1.91 bits per heavy atom. The van der Waals surface area contributed by atoms with Crippen LogP contribution in [-0.4, -0.2) is 63.2 Å². The van der Waals surface area contributed by atoms with Gasteiger partial charge in [0.25, 0.3) is 0 Å². The first-order chi connectivity index (χ1) is 10.7. The summed E-state index contributed by atoms with van der Waals surface area (Å²) in [6.07, 6.45) is 0. The smallest absolute Gasteiger partial charge is 0.195 e. The fourth-order valence-electron chi connectivity index (χ4n) is 5.22. The molecule has 1 aromatic heterocycles. The van der Waals surface area contributed by atoms with Gasteiger partial charge in [-0.15, -0.1) is 0 Å². The van der Waals surface area contributed by atoms with Crippen molar-refractivity contribution >= 4 is 10.9 Å². The molecule has 112 valence electrons. The molecule has 4 aliphatic rings. The monoisotopic (exact) mass is 294 g/mol. The Morgan fingerprint density at radius 1 is 1.14 bits per heavy atom. The van der Waals surface area contributed by atoms with Crippen LogP contribution >= 0.6 is 0 Å². The minimum absolute atomic E-state index is 0.318. The fourth-order valence-corrected chi connectivity index (χ4v) is 5.22. The molecule has 0 aliphatic carbocycles. The van der Waals surface area contributed by atoms with Crippen LogP contribution in [0.1, 0.15) is 11.3 Å². The van der Waals surface area contributed by atoms with Crippen molar-refractivity contribution < 1.29 is 4.48 Å². The Morgan fingerprint density at radius 3 is 2.64 bits per heavy atom. The van der Waals surface area contributed by atoms with Crippen molar-refractivity contribution in [3.05, 3.63) is 41.6 Å². The number of nitrogens with zero attached hydrogens (tertiary/aromatic N) is 5. The highest BCUT2D eigenvalue weighted by molar-refractivity contribution is 5.79. The van der Waals surface area contributed by atoms with Gasteiger partial charge in [-0.05, 0) is 19.1 Å². The first-order valence-electron chi connectivity index (χ1n) is 8.14. The summed E-state index contributed by atoms with van der Waals surface area (Å²) in [4.78, 5) is 12.8. The first kappa shape index (κ1) is 12.0. The predicted octanol–water partition coefficient (Wildman–Crippen LogP) is 1.30. The van der Waals surface area contributed by atoms with Gasteiger partial charge in [0, 0.05) is 16.6 Å². The Labute approximate surface area is 129 Å². The van der Waals surface area contributed by atoms with Crippen molar-refractivity contribution in [2.75, 3.05) is 33.2 Å². The Kier molecular flexibility index (Phi) is 1.91. The average molecular weight is 294 g/mol. The highest BCUT2D eigenvalue weighted by Gasteiger charge is 2.78. The summed E-state index contributed by atoms with van der Waals surface area (Å²) in [5.41, 5.74) is 3.74. The van der Waals surface area contributed by atoms with E-state index in [9.17, 15) is 0 Å². The van der Waals surface area contributed by atoms with E-state index in [1.165, 1.54) is 54.3 Å². The van der Waals surface area contributed by atoms with Crippen LogP contribution in [0.4, 0.5) is 0 Å². The third kappa shape index (κ3) is 1.20. The zero-order chi connectivity index (χ0) is 14.5. The summed E-state index contributed by atoms with van der Waals surface area (Å²) in [5.74, 6) is 0.318. The molecule has 2 bridgehead atoms. The number of rotatable bonds is 2. The van der Waals surface area contributed by atoms with Crippen LogP contribution < -0.4 is 0 Å². The molecule has 5 heteroatoms. The second-order valence-electron chi connectivity index (χ2n) is 7.54. The minimum atomic E-state index is 0.318. The van der Waals surface area contributed by atoms with Crippen molar-refractivity contribution in [3.63, 3.8) is 0 Å². The number of hydrogen-bond acceptors (Lipinski definition) is 4. The van der Waals surface area contributed by atoms with Gasteiger partial charge in [-0.3, -0.25) is 9.47 Å². The summed E-state index contributed by atoms with van der Waals surface area (Å²) in [6, 6.07) is 10.8. The molecule has 5 nitrogen and oxygen atoms in total. The molecule has 0 saturated carbocycles. The van der Waals surface area contributed by atoms with Crippen LogP contribution in [0.5, 0.6) is 0 Å². The van der Waals surface area contributed by atoms with E-state index in [0.29, 0.717) is 5.79 Å². The summed E-state index contributed by atoms with van der Waals surface area (Å²) in [7, 11) is 0. The molecular weight excluding hydrogens is 274 g/mol. The molecule has 2 aromatic rings. The molecule has 22 heavy (non-hydrogen) atoms. The Bertz CT molecular complexity index is 800. The third-order valence-corrected chi connectivity index (χ3v) is 6.22.